The van der Waals surface area contributed by atoms with E-state index in [-0.39, 0.29) is 10.7 Å². The quantitative estimate of drug-likeness (QED) is 0.567. The minimum Gasteiger partial charge on any atom is -0.299 e. The molecular weight excluding hydrogens is 284 g/mol. The van der Waals surface area contributed by atoms with Crippen LogP contribution in [-0.2, 0) is 6.54 Å². The Balaban J connectivity index is 2.71. The van der Waals surface area contributed by atoms with Crippen LogP contribution in [0.2, 0.25) is 5.02 Å². The lowest BCUT2D eigenvalue weighted by atomic mass is 10.1. The van der Waals surface area contributed by atoms with Gasteiger partial charge in [0.15, 0.2) is 0 Å². The van der Waals surface area contributed by atoms with Crippen molar-refractivity contribution in [3.05, 3.63) is 38.9 Å². The van der Waals surface area contributed by atoms with Gasteiger partial charge in [-0.25, -0.2) is 0 Å². The van der Waals surface area contributed by atoms with Crippen LogP contribution in [0.15, 0.2) is 18.2 Å². The number of rotatable bonds is 7. The van der Waals surface area contributed by atoms with E-state index in [2.05, 4.69) is 18.1 Å². The Labute approximate surface area is 123 Å². The molecule has 0 aliphatic carbocycles. The van der Waals surface area contributed by atoms with Gasteiger partial charge in [-0.3, -0.25) is 15.0 Å². The van der Waals surface area contributed by atoms with Gasteiger partial charge in [-0.05, 0) is 44.0 Å². The molecule has 0 saturated heterocycles. The van der Waals surface area contributed by atoms with Gasteiger partial charge in [0.05, 0.1) is 4.92 Å². The molecule has 0 heterocycles. The number of halogens is 1. The van der Waals surface area contributed by atoms with Crippen LogP contribution in [0.3, 0.4) is 0 Å². The smallest absolute Gasteiger partial charge is 0.288 e. The first-order valence-corrected chi connectivity index (χ1v) is 7.85. The molecule has 4 nitrogen and oxygen atoms in total. The number of hydrogen-bond acceptors (Lipinski definition) is 4. The van der Waals surface area contributed by atoms with E-state index in [0.717, 1.165) is 17.7 Å². The zero-order valence-corrected chi connectivity index (χ0v) is 13.0. The van der Waals surface area contributed by atoms with Gasteiger partial charge in [0, 0.05) is 18.7 Å². The molecule has 1 atom stereocenters. The number of benzene rings is 1. The van der Waals surface area contributed by atoms with Crippen LogP contribution in [0.25, 0.3) is 0 Å². The van der Waals surface area contributed by atoms with Crippen molar-refractivity contribution >= 4 is 29.1 Å². The van der Waals surface area contributed by atoms with E-state index < -0.39 is 4.92 Å². The molecule has 0 radical (unpaired) electrons. The standard InChI is InChI=1S/C13H19ClN2O2S/c1-10(6-7-19-3)15(2)9-11-4-5-12(14)13(8-11)16(17)18/h4-5,8,10H,6-7,9H2,1-3H3. The molecule has 0 amide bonds. The lowest BCUT2D eigenvalue weighted by Gasteiger charge is -2.24. The first kappa shape index (κ1) is 16.3. The lowest BCUT2D eigenvalue weighted by Crippen LogP contribution is -2.29. The van der Waals surface area contributed by atoms with Gasteiger partial charge in [-0.15, -0.1) is 0 Å². The fourth-order valence-electron chi connectivity index (χ4n) is 1.75. The van der Waals surface area contributed by atoms with E-state index >= 15 is 0 Å². The summed E-state index contributed by atoms with van der Waals surface area (Å²) in [6, 6.07) is 5.44. The average Bonchev–Trinajstić information content (AvgIpc) is 2.37. The SMILES string of the molecule is CSCCC(C)N(C)Cc1ccc(Cl)c([N+](=O)[O-])c1. The number of nitrogens with zero attached hydrogens (tertiary/aromatic N) is 2. The molecule has 0 aromatic heterocycles. The van der Waals surface area contributed by atoms with Crippen LogP contribution in [0.5, 0.6) is 0 Å². The minimum absolute atomic E-state index is 0.0238. The molecule has 106 valence electrons. The number of thioether (sulfide) groups is 1. The molecule has 0 aliphatic rings. The number of nitro groups is 1. The summed E-state index contributed by atoms with van der Waals surface area (Å²) < 4.78 is 0. The second-order valence-corrected chi connectivity index (χ2v) is 5.98. The summed E-state index contributed by atoms with van der Waals surface area (Å²) in [4.78, 5) is 12.6. The Kier molecular flexibility index (Phi) is 6.62. The first-order valence-electron chi connectivity index (χ1n) is 6.07. The fraction of sp³-hybridized carbons (Fsp3) is 0.538. The van der Waals surface area contributed by atoms with Crippen molar-refractivity contribution in [2.45, 2.75) is 25.9 Å². The highest BCUT2D eigenvalue weighted by atomic mass is 35.5. The Morgan fingerprint density at radius 3 is 2.79 bits per heavy atom. The van der Waals surface area contributed by atoms with Gasteiger partial charge < -0.3 is 0 Å². The molecule has 6 heteroatoms. The van der Waals surface area contributed by atoms with Crippen LogP contribution >= 0.6 is 23.4 Å². The fourth-order valence-corrected chi connectivity index (χ4v) is 2.51. The van der Waals surface area contributed by atoms with Gasteiger partial charge in [0.25, 0.3) is 5.69 Å². The van der Waals surface area contributed by atoms with E-state index in [4.69, 9.17) is 11.6 Å². The van der Waals surface area contributed by atoms with E-state index in [1.165, 1.54) is 0 Å². The summed E-state index contributed by atoms with van der Waals surface area (Å²) in [5, 5.41) is 11.0. The van der Waals surface area contributed by atoms with Crippen LogP contribution in [0.4, 0.5) is 5.69 Å². The summed E-state index contributed by atoms with van der Waals surface area (Å²) >= 11 is 7.63. The van der Waals surface area contributed by atoms with E-state index in [1.807, 2.05) is 24.9 Å². The average molecular weight is 303 g/mol. The monoisotopic (exact) mass is 302 g/mol. The summed E-state index contributed by atoms with van der Waals surface area (Å²) in [6.45, 7) is 2.86. The number of nitro benzene ring substituents is 1. The molecule has 0 fully saturated rings. The van der Waals surface area contributed by atoms with Crippen molar-refractivity contribution in [2.24, 2.45) is 0 Å². The van der Waals surface area contributed by atoms with Crippen molar-refractivity contribution < 1.29 is 4.92 Å². The maximum Gasteiger partial charge on any atom is 0.288 e. The zero-order chi connectivity index (χ0) is 14.4. The summed E-state index contributed by atoms with van der Waals surface area (Å²) in [5.41, 5.74) is 0.888. The highest BCUT2D eigenvalue weighted by Crippen LogP contribution is 2.25. The van der Waals surface area contributed by atoms with Gasteiger partial charge in [0.1, 0.15) is 5.02 Å². The van der Waals surface area contributed by atoms with Crippen LogP contribution < -0.4 is 0 Å². The topological polar surface area (TPSA) is 46.4 Å². The molecule has 0 bridgehead atoms. The molecular formula is C13H19ClN2O2S. The third-order valence-electron chi connectivity index (χ3n) is 3.13. The highest BCUT2D eigenvalue weighted by Gasteiger charge is 2.15. The molecule has 1 rings (SSSR count). The van der Waals surface area contributed by atoms with Crippen LogP contribution in [0, 0.1) is 10.1 Å². The predicted octanol–water partition coefficient (Wildman–Crippen LogP) is 3.82. The van der Waals surface area contributed by atoms with E-state index in [9.17, 15) is 10.1 Å². The predicted molar refractivity (Wildman–Crippen MR) is 82.0 cm³/mol. The normalized spacial score (nSPS) is 12.7. The Hall–Kier alpha value is -0.780. The molecule has 0 saturated carbocycles. The van der Waals surface area contributed by atoms with E-state index in [1.54, 1.807) is 12.1 Å². The van der Waals surface area contributed by atoms with Crippen molar-refractivity contribution in [1.82, 2.24) is 4.90 Å². The van der Waals surface area contributed by atoms with Gasteiger partial charge in [-0.2, -0.15) is 11.8 Å². The Morgan fingerprint density at radius 2 is 2.21 bits per heavy atom. The van der Waals surface area contributed by atoms with Crippen molar-refractivity contribution in [1.29, 1.82) is 0 Å². The van der Waals surface area contributed by atoms with Crippen molar-refractivity contribution in [3.63, 3.8) is 0 Å². The summed E-state index contributed by atoms with van der Waals surface area (Å²) in [7, 11) is 2.03. The molecule has 1 aromatic rings. The van der Waals surface area contributed by atoms with Crippen molar-refractivity contribution in [2.75, 3.05) is 19.1 Å². The van der Waals surface area contributed by atoms with Gasteiger partial charge in [-0.1, -0.05) is 17.7 Å². The highest BCUT2D eigenvalue weighted by molar-refractivity contribution is 7.98. The maximum absolute atomic E-state index is 10.8. The maximum atomic E-state index is 10.8. The van der Waals surface area contributed by atoms with Crippen molar-refractivity contribution in [3.8, 4) is 0 Å². The second kappa shape index (κ2) is 7.72. The Morgan fingerprint density at radius 1 is 1.53 bits per heavy atom. The van der Waals surface area contributed by atoms with Crippen LogP contribution in [-0.4, -0.2) is 34.9 Å². The zero-order valence-electron chi connectivity index (χ0n) is 11.4. The third-order valence-corrected chi connectivity index (χ3v) is 4.09. The van der Waals surface area contributed by atoms with Crippen LogP contribution in [0.1, 0.15) is 18.9 Å². The molecule has 1 unspecified atom stereocenters. The van der Waals surface area contributed by atoms with Gasteiger partial charge >= 0.3 is 0 Å². The third kappa shape index (κ3) is 5.01. The second-order valence-electron chi connectivity index (χ2n) is 4.59. The molecule has 0 N–H and O–H groups in total. The lowest BCUT2D eigenvalue weighted by molar-refractivity contribution is -0.384. The molecule has 19 heavy (non-hydrogen) atoms. The Bertz CT molecular complexity index is 443. The first-order chi connectivity index (χ1) is 8.95. The van der Waals surface area contributed by atoms with Gasteiger partial charge in [0.2, 0.25) is 0 Å². The minimum atomic E-state index is -0.441. The van der Waals surface area contributed by atoms with E-state index in [0.29, 0.717) is 12.6 Å². The molecule has 1 aromatic carbocycles. The number of hydrogen-bond donors (Lipinski definition) is 0. The summed E-state index contributed by atoms with van der Waals surface area (Å²) in [5.74, 6) is 1.12. The molecule has 0 spiro atoms. The summed E-state index contributed by atoms with van der Waals surface area (Å²) in [6.07, 6.45) is 3.20. The largest absolute Gasteiger partial charge is 0.299 e. The molecule has 0 aliphatic heterocycles.